The van der Waals surface area contributed by atoms with E-state index in [1.165, 1.54) is 11.1 Å². The average molecular weight is 364 g/mol. The third-order valence-electron chi connectivity index (χ3n) is 4.66. The van der Waals surface area contributed by atoms with Gasteiger partial charge < -0.3 is 8.98 Å². The quantitative estimate of drug-likeness (QED) is 0.387. The summed E-state index contributed by atoms with van der Waals surface area (Å²) in [6, 6.07) is 21.7. The topological polar surface area (TPSA) is 30.2 Å². The molecule has 0 spiro atoms. The van der Waals surface area contributed by atoms with E-state index in [0.29, 0.717) is 6.16 Å². The Morgan fingerprint density at radius 2 is 1.58 bits per heavy atom. The van der Waals surface area contributed by atoms with Crippen LogP contribution in [0.15, 0.2) is 95.3 Å². The van der Waals surface area contributed by atoms with E-state index in [4.69, 9.17) is 4.42 Å². The predicted molar refractivity (Wildman–Crippen MR) is 110 cm³/mol. The van der Waals surface area contributed by atoms with E-state index in [2.05, 4.69) is 13.0 Å². The van der Waals surface area contributed by atoms with Gasteiger partial charge in [-0.2, -0.15) is 0 Å². The highest BCUT2D eigenvalue weighted by molar-refractivity contribution is 7.78. The third-order valence-corrected chi connectivity index (χ3v) is 7.62. The van der Waals surface area contributed by atoms with Gasteiger partial charge >= 0.3 is 0 Å². The number of hydrogen-bond donors (Lipinski definition) is 0. The van der Waals surface area contributed by atoms with Crippen LogP contribution in [0.25, 0.3) is 0 Å². The van der Waals surface area contributed by atoms with E-state index in [1.807, 2.05) is 66.7 Å². The van der Waals surface area contributed by atoms with Crippen LogP contribution in [0.2, 0.25) is 0 Å². The predicted octanol–water partition coefficient (Wildman–Crippen LogP) is 5.56. The molecule has 26 heavy (non-hydrogen) atoms. The molecular weight excluding hydrogens is 339 g/mol. The molecule has 0 aliphatic rings. The molecule has 0 fully saturated rings. The fourth-order valence-corrected chi connectivity index (χ4v) is 5.69. The number of benzene rings is 2. The lowest BCUT2D eigenvalue weighted by molar-refractivity contribution is 0.563. The molecule has 0 amide bonds. The Hall–Kier alpha value is -2.31. The van der Waals surface area contributed by atoms with Gasteiger partial charge in [-0.1, -0.05) is 72.3 Å². The summed E-state index contributed by atoms with van der Waals surface area (Å²) in [5.74, 6) is 0. The van der Waals surface area contributed by atoms with E-state index in [1.54, 1.807) is 12.5 Å². The van der Waals surface area contributed by atoms with Crippen LogP contribution in [0.3, 0.4) is 0 Å². The molecule has 0 aliphatic heterocycles. The molecule has 0 saturated carbocycles. The molecule has 0 saturated heterocycles. The fourth-order valence-electron chi connectivity index (χ4n) is 3.09. The van der Waals surface area contributed by atoms with Crippen molar-refractivity contribution in [1.82, 2.24) is 0 Å². The van der Waals surface area contributed by atoms with Crippen molar-refractivity contribution >= 4 is 17.8 Å². The van der Waals surface area contributed by atoms with Crippen molar-refractivity contribution in [2.45, 2.75) is 26.2 Å². The van der Waals surface area contributed by atoms with E-state index in [9.17, 15) is 4.57 Å². The van der Waals surface area contributed by atoms with Crippen LogP contribution < -0.4 is 10.6 Å². The van der Waals surface area contributed by atoms with Gasteiger partial charge in [-0.15, -0.1) is 0 Å². The first-order chi connectivity index (χ1) is 12.7. The van der Waals surface area contributed by atoms with E-state index >= 15 is 0 Å². The highest BCUT2D eigenvalue weighted by Crippen LogP contribution is 2.43. The van der Waals surface area contributed by atoms with Crippen molar-refractivity contribution in [1.29, 1.82) is 0 Å². The molecule has 2 aromatic carbocycles. The summed E-state index contributed by atoms with van der Waals surface area (Å²) in [5.41, 5.74) is 2.53. The first-order valence-corrected chi connectivity index (χ1v) is 10.9. The van der Waals surface area contributed by atoms with Crippen LogP contribution in [0.4, 0.5) is 0 Å². The second-order valence-electron chi connectivity index (χ2n) is 6.63. The molecule has 134 valence electrons. The highest BCUT2D eigenvalue weighted by atomic mass is 31.2. The Balaban J connectivity index is 1.73. The minimum atomic E-state index is -2.65. The van der Waals surface area contributed by atoms with Crippen molar-refractivity contribution < 1.29 is 8.98 Å². The number of aryl methyl sites for hydroxylation is 1. The molecule has 3 aromatic rings. The molecule has 2 nitrogen and oxygen atoms in total. The summed E-state index contributed by atoms with van der Waals surface area (Å²) < 4.78 is 19.0. The minimum Gasteiger partial charge on any atom is -0.472 e. The Bertz CT molecular complexity index is 822. The SMILES string of the molecule is C/C(=C\CP(=O)(c1ccccc1)c1ccccc1)CCCc1ccoc1. The van der Waals surface area contributed by atoms with Gasteiger partial charge in [0.15, 0.2) is 0 Å². The molecule has 0 aliphatic carbocycles. The number of allylic oxidation sites excluding steroid dienone is 2. The van der Waals surface area contributed by atoms with Crippen molar-refractivity contribution in [3.05, 3.63) is 96.5 Å². The lowest BCUT2D eigenvalue weighted by Gasteiger charge is -2.18. The van der Waals surface area contributed by atoms with Crippen LogP contribution >= 0.6 is 7.14 Å². The Morgan fingerprint density at radius 3 is 2.12 bits per heavy atom. The maximum atomic E-state index is 13.9. The Labute approximate surface area is 155 Å². The first-order valence-electron chi connectivity index (χ1n) is 9.05. The molecule has 0 N–H and O–H groups in total. The van der Waals surface area contributed by atoms with Gasteiger partial charge in [0.05, 0.1) is 12.5 Å². The zero-order valence-corrected chi connectivity index (χ0v) is 16.1. The van der Waals surface area contributed by atoms with Crippen LogP contribution in [0.5, 0.6) is 0 Å². The molecule has 0 bridgehead atoms. The summed E-state index contributed by atoms with van der Waals surface area (Å²) in [6.07, 6.45) is 9.34. The largest absolute Gasteiger partial charge is 0.472 e. The standard InChI is InChI=1S/C23H25O2P/c1-20(9-8-10-21-15-17-25-19-21)16-18-26(24,22-11-4-2-5-12-22)23-13-6-3-7-14-23/h2-7,11-17,19H,8-10,18H2,1H3/b20-16+. The number of hydrogen-bond acceptors (Lipinski definition) is 2. The van der Waals surface area contributed by atoms with Gasteiger partial charge in [0, 0.05) is 16.8 Å². The number of furan rings is 1. The fraction of sp³-hybridized carbons (Fsp3) is 0.217. The maximum Gasteiger partial charge on any atom is 0.146 e. The van der Waals surface area contributed by atoms with Crippen LogP contribution in [-0.2, 0) is 11.0 Å². The van der Waals surface area contributed by atoms with Crippen LogP contribution in [0, 0.1) is 0 Å². The highest BCUT2D eigenvalue weighted by Gasteiger charge is 2.25. The van der Waals surface area contributed by atoms with Gasteiger partial charge in [-0.3, -0.25) is 0 Å². The Morgan fingerprint density at radius 1 is 0.962 bits per heavy atom. The first kappa shape index (κ1) is 18.5. The second-order valence-corrected chi connectivity index (χ2v) is 9.51. The molecule has 3 heteroatoms. The van der Waals surface area contributed by atoms with Gasteiger partial charge in [0.25, 0.3) is 0 Å². The van der Waals surface area contributed by atoms with Gasteiger partial charge in [-0.05, 0) is 37.8 Å². The monoisotopic (exact) mass is 364 g/mol. The number of rotatable bonds is 8. The third kappa shape index (κ3) is 4.65. The normalized spacial score (nSPS) is 12.3. The van der Waals surface area contributed by atoms with E-state index in [-0.39, 0.29) is 0 Å². The zero-order valence-electron chi connectivity index (χ0n) is 15.2. The Kier molecular flexibility index (Phi) is 6.30. The summed E-state index contributed by atoms with van der Waals surface area (Å²) >= 11 is 0. The van der Waals surface area contributed by atoms with Crippen molar-refractivity contribution in [2.24, 2.45) is 0 Å². The average Bonchev–Trinajstić information content (AvgIpc) is 3.21. The lowest BCUT2D eigenvalue weighted by atomic mass is 10.1. The van der Waals surface area contributed by atoms with E-state index in [0.717, 1.165) is 29.9 Å². The van der Waals surface area contributed by atoms with Crippen LogP contribution in [-0.4, -0.2) is 6.16 Å². The van der Waals surface area contributed by atoms with Gasteiger partial charge in [-0.25, -0.2) is 0 Å². The zero-order chi connectivity index (χ0) is 18.2. The second kappa shape index (κ2) is 8.87. The van der Waals surface area contributed by atoms with Crippen molar-refractivity contribution in [2.75, 3.05) is 6.16 Å². The summed E-state index contributed by atoms with van der Waals surface area (Å²) in [4.78, 5) is 0. The molecule has 0 atom stereocenters. The lowest BCUT2D eigenvalue weighted by Crippen LogP contribution is -2.17. The van der Waals surface area contributed by atoms with Gasteiger partial charge in [0.2, 0.25) is 0 Å². The molecule has 3 rings (SSSR count). The minimum absolute atomic E-state index is 0.568. The smallest absolute Gasteiger partial charge is 0.146 e. The maximum absolute atomic E-state index is 13.9. The van der Waals surface area contributed by atoms with Crippen molar-refractivity contribution in [3.63, 3.8) is 0 Å². The molecule has 1 aromatic heterocycles. The molecule has 1 heterocycles. The molecule has 0 unspecified atom stereocenters. The van der Waals surface area contributed by atoms with E-state index < -0.39 is 7.14 Å². The molecule has 0 radical (unpaired) electrons. The summed E-state index contributed by atoms with van der Waals surface area (Å²) in [7, 11) is -2.65. The van der Waals surface area contributed by atoms with Crippen LogP contribution in [0.1, 0.15) is 25.3 Å². The molecular formula is C23H25O2P. The van der Waals surface area contributed by atoms with Crippen molar-refractivity contribution in [3.8, 4) is 0 Å². The summed E-state index contributed by atoms with van der Waals surface area (Å²) in [5, 5.41) is 1.85. The summed E-state index contributed by atoms with van der Waals surface area (Å²) in [6.45, 7) is 2.13. The van der Waals surface area contributed by atoms with Gasteiger partial charge in [0.1, 0.15) is 7.14 Å².